The number of rotatable bonds is 7. The van der Waals surface area contributed by atoms with Crippen molar-refractivity contribution in [2.75, 3.05) is 11.9 Å². The zero-order valence-corrected chi connectivity index (χ0v) is 14.1. The topological polar surface area (TPSA) is 71.8 Å². The number of benzene rings is 1. The van der Waals surface area contributed by atoms with Crippen LogP contribution >= 0.6 is 0 Å². The van der Waals surface area contributed by atoms with E-state index >= 15 is 0 Å². The monoisotopic (exact) mass is 335 g/mol. The fourth-order valence-electron chi connectivity index (χ4n) is 2.55. The molecule has 1 amide bonds. The zero-order valence-electron chi connectivity index (χ0n) is 14.1. The van der Waals surface area contributed by atoms with E-state index in [1.165, 1.54) is 0 Å². The van der Waals surface area contributed by atoms with E-state index in [0.29, 0.717) is 18.7 Å². The fourth-order valence-corrected chi connectivity index (χ4v) is 2.55. The van der Waals surface area contributed by atoms with Gasteiger partial charge in [0.1, 0.15) is 0 Å². The number of nitrogens with one attached hydrogen (secondary N) is 2. The van der Waals surface area contributed by atoms with Gasteiger partial charge in [0.2, 0.25) is 0 Å². The average molecular weight is 335 g/mol. The number of amides is 1. The molecule has 6 heteroatoms. The third-order valence-electron chi connectivity index (χ3n) is 3.84. The lowest BCUT2D eigenvalue weighted by Crippen LogP contribution is -2.26. The van der Waals surface area contributed by atoms with Gasteiger partial charge in [-0.2, -0.15) is 5.10 Å². The summed E-state index contributed by atoms with van der Waals surface area (Å²) in [5, 5.41) is 10.4. The number of aromatic nitrogens is 3. The normalized spacial score (nSPS) is 10.4. The zero-order chi connectivity index (χ0) is 17.5. The van der Waals surface area contributed by atoms with Gasteiger partial charge in [-0.3, -0.25) is 14.5 Å². The van der Waals surface area contributed by atoms with Crippen molar-refractivity contribution in [1.29, 1.82) is 0 Å². The second-order valence-corrected chi connectivity index (χ2v) is 5.79. The summed E-state index contributed by atoms with van der Waals surface area (Å²) in [5.74, 6) is -0.0850. The first-order valence-electron chi connectivity index (χ1n) is 8.20. The molecular weight excluding hydrogens is 314 g/mol. The number of anilines is 1. The van der Waals surface area contributed by atoms with Crippen LogP contribution in [0, 0.1) is 0 Å². The second kappa shape index (κ2) is 8.10. The number of nitrogens with zero attached hydrogens (tertiary/aromatic N) is 3. The lowest BCUT2D eigenvalue weighted by atomic mass is 10.1. The van der Waals surface area contributed by atoms with E-state index in [1.807, 2.05) is 62.0 Å². The van der Waals surface area contributed by atoms with E-state index in [-0.39, 0.29) is 5.91 Å². The quantitative estimate of drug-likeness (QED) is 0.695. The van der Waals surface area contributed by atoms with Crippen LogP contribution in [0.2, 0.25) is 0 Å². The summed E-state index contributed by atoms with van der Waals surface area (Å²) in [4.78, 5) is 16.6. The average Bonchev–Trinajstić information content (AvgIpc) is 3.06. The Morgan fingerprint density at radius 1 is 1.12 bits per heavy atom. The van der Waals surface area contributed by atoms with Gasteiger partial charge >= 0.3 is 0 Å². The van der Waals surface area contributed by atoms with Gasteiger partial charge < -0.3 is 10.6 Å². The van der Waals surface area contributed by atoms with Crippen LogP contribution in [0.5, 0.6) is 0 Å². The van der Waals surface area contributed by atoms with Gasteiger partial charge in [-0.15, -0.1) is 0 Å². The number of hydrogen-bond acceptors (Lipinski definition) is 4. The molecule has 0 fully saturated rings. The van der Waals surface area contributed by atoms with Crippen molar-refractivity contribution >= 4 is 11.6 Å². The number of carbonyl (C=O) groups is 1. The minimum absolute atomic E-state index is 0.0850. The van der Waals surface area contributed by atoms with Crippen molar-refractivity contribution < 1.29 is 4.79 Å². The Bertz CT molecular complexity index is 829. The molecule has 0 aliphatic heterocycles. The highest BCUT2D eigenvalue weighted by Crippen LogP contribution is 2.16. The molecule has 3 aromatic rings. The lowest BCUT2D eigenvalue weighted by molar-refractivity contribution is 0.0955. The van der Waals surface area contributed by atoms with E-state index in [1.54, 1.807) is 10.9 Å². The molecule has 0 unspecified atom stereocenters. The summed E-state index contributed by atoms with van der Waals surface area (Å²) >= 11 is 0. The molecule has 0 radical (unpaired) electrons. The molecule has 0 aliphatic rings. The van der Waals surface area contributed by atoms with E-state index < -0.39 is 0 Å². The van der Waals surface area contributed by atoms with Gasteiger partial charge in [-0.1, -0.05) is 18.2 Å². The Labute approximate surface area is 146 Å². The maximum atomic E-state index is 12.5. The lowest BCUT2D eigenvalue weighted by Gasteiger charge is -2.12. The molecular formula is C19H21N5O. The fraction of sp³-hybridized carbons (Fsp3) is 0.211. The van der Waals surface area contributed by atoms with Gasteiger partial charge in [-0.05, 0) is 35.7 Å². The van der Waals surface area contributed by atoms with Crippen LogP contribution in [-0.4, -0.2) is 27.2 Å². The van der Waals surface area contributed by atoms with Gasteiger partial charge in [0.05, 0.1) is 11.8 Å². The standard InChI is InChI=1S/C19H21N5O/c1-24-14-16(13-23-24)8-10-21-19(25)17-6-2-3-7-18(17)22-12-15-5-4-9-20-11-15/h2-7,9,11,13-14,22H,8,10,12H2,1H3,(H,21,25). The number of carbonyl (C=O) groups excluding carboxylic acids is 1. The van der Waals surface area contributed by atoms with Crippen LogP contribution in [0.1, 0.15) is 21.5 Å². The van der Waals surface area contributed by atoms with E-state index in [9.17, 15) is 4.79 Å². The van der Waals surface area contributed by atoms with E-state index in [2.05, 4.69) is 20.7 Å². The van der Waals surface area contributed by atoms with Crippen LogP contribution in [0.3, 0.4) is 0 Å². The first-order chi connectivity index (χ1) is 12.2. The molecule has 128 valence electrons. The van der Waals surface area contributed by atoms with Gasteiger partial charge in [0, 0.05) is 44.4 Å². The Balaban J connectivity index is 1.58. The molecule has 0 aliphatic carbocycles. The number of pyridine rings is 1. The molecule has 0 spiro atoms. The summed E-state index contributed by atoms with van der Waals surface area (Å²) in [6.07, 6.45) is 8.08. The molecule has 6 nitrogen and oxygen atoms in total. The number of hydrogen-bond donors (Lipinski definition) is 2. The van der Waals surface area contributed by atoms with Crippen molar-refractivity contribution in [3.05, 3.63) is 77.9 Å². The van der Waals surface area contributed by atoms with E-state index in [0.717, 1.165) is 23.2 Å². The second-order valence-electron chi connectivity index (χ2n) is 5.79. The number of aryl methyl sites for hydroxylation is 1. The highest BCUT2D eigenvalue weighted by atomic mass is 16.1. The Kier molecular flexibility index (Phi) is 5.41. The molecule has 1 aromatic carbocycles. The van der Waals surface area contributed by atoms with Gasteiger partial charge in [0.15, 0.2) is 0 Å². The van der Waals surface area contributed by atoms with Crippen molar-refractivity contribution in [2.24, 2.45) is 7.05 Å². The highest BCUT2D eigenvalue weighted by molar-refractivity contribution is 5.99. The molecule has 0 bridgehead atoms. The van der Waals surface area contributed by atoms with Crippen LogP contribution < -0.4 is 10.6 Å². The SMILES string of the molecule is Cn1cc(CCNC(=O)c2ccccc2NCc2cccnc2)cn1. The minimum atomic E-state index is -0.0850. The van der Waals surface area contributed by atoms with Gasteiger partial charge in [0.25, 0.3) is 5.91 Å². The van der Waals surface area contributed by atoms with Crippen LogP contribution in [0.15, 0.2) is 61.2 Å². The molecule has 2 heterocycles. The van der Waals surface area contributed by atoms with Crippen molar-refractivity contribution in [2.45, 2.75) is 13.0 Å². The number of para-hydroxylation sites is 1. The predicted octanol–water partition coefficient (Wildman–Crippen LogP) is 2.40. The highest BCUT2D eigenvalue weighted by Gasteiger charge is 2.10. The Morgan fingerprint density at radius 2 is 2.00 bits per heavy atom. The maximum Gasteiger partial charge on any atom is 0.253 e. The smallest absolute Gasteiger partial charge is 0.253 e. The first-order valence-corrected chi connectivity index (χ1v) is 8.20. The molecule has 0 saturated carbocycles. The molecule has 2 aromatic heterocycles. The first kappa shape index (κ1) is 16.7. The molecule has 0 atom stereocenters. The third-order valence-corrected chi connectivity index (χ3v) is 3.84. The van der Waals surface area contributed by atoms with Crippen molar-refractivity contribution in [1.82, 2.24) is 20.1 Å². The van der Waals surface area contributed by atoms with Crippen LogP contribution in [-0.2, 0) is 20.0 Å². The van der Waals surface area contributed by atoms with Crippen LogP contribution in [0.25, 0.3) is 0 Å². The van der Waals surface area contributed by atoms with Crippen LogP contribution in [0.4, 0.5) is 5.69 Å². The maximum absolute atomic E-state index is 12.5. The summed E-state index contributed by atoms with van der Waals surface area (Å²) in [5.41, 5.74) is 3.61. The Morgan fingerprint density at radius 3 is 2.76 bits per heavy atom. The Hall–Kier alpha value is -3.15. The summed E-state index contributed by atoms with van der Waals surface area (Å²) in [6.45, 7) is 1.19. The predicted molar refractivity (Wildman–Crippen MR) is 97.3 cm³/mol. The summed E-state index contributed by atoms with van der Waals surface area (Å²) in [6, 6.07) is 11.4. The molecule has 0 saturated heterocycles. The van der Waals surface area contributed by atoms with E-state index in [4.69, 9.17) is 0 Å². The third kappa shape index (κ3) is 4.67. The summed E-state index contributed by atoms with van der Waals surface area (Å²) < 4.78 is 1.76. The molecule has 2 N–H and O–H groups in total. The minimum Gasteiger partial charge on any atom is -0.380 e. The largest absolute Gasteiger partial charge is 0.380 e. The molecule has 3 rings (SSSR count). The van der Waals surface area contributed by atoms with Crippen molar-refractivity contribution in [3.63, 3.8) is 0 Å². The van der Waals surface area contributed by atoms with Gasteiger partial charge in [-0.25, -0.2) is 0 Å². The summed E-state index contributed by atoms with van der Waals surface area (Å²) in [7, 11) is 1.88. The molecule has 25 heavy (non-hydrogen) atoms. The van der Waals surface area contributed by atoms with Crippen molar-refractivity contribution in [3.8, 4) is 0 Å².